The molecule has 0 spiro atoms. The van der Waals surface area contributed by atoms with Gasteiger partial charge in [0.1, 0.15) is 0 Å². The van der Waals surface area contributed by atoms with E-state index in [-0.39, 0.29) is 5.91 Å². The Morgan fingerprint density at radius 3 is 2.13 bits per heavy atom. The summed E-state index contributed by atoms with van der Waals surface area (Å²) in [4.78, 5) is 17.3. The molecule has 2 heterocycles. The average Bonchev–Trinajstić information content (AvgIpc) is 3.54. The Bertz CT molecular complexity index is 1090. The van der Waals surface area contributed by atoms with E-state index in [4.69, 9.17) is 0 Å². The number of hydrazone groups is 1. The third kappa shape index (κ3) is 4.13. The largest absolute Gasteiger partial charge is 0.372 e. The molecule has 0 unspecified atom stereocenters. The highest BCUT2D eigenvalue weighted by Crippen LogP contribution is 2.31. The Labute approximate surface area is 183 Å². The molecular formula is C26H28N4O. The van der Waals surface area contributed by atoms with Crippen LogP contribution in [-0.4, -0.2) is 38.3 Å². The van der Waals surface area contributed by atoms with Gasteiger partial charge in [0.05, 0.1) is 6.21 Å². The van der Waals surface area contributed by atoms with Gasteiger partial charge in [-0.25, -0.2) is 5.43 Å². The monoisotopic (exact) mass is 412 g/mol. The lowest BCUT2D eigenvalue weighted by Gasteiger charge is -2.20. The maximum absolute atomic E-state index is 12.5. The van der Waals surface area contributed by atoms with Gasteiger partial charge in [-0.05, 0) is 61.4 Å². The number of hydrogen-bond acceptors (Lipinski definition) is 4. The summed E-state index contributed by atoms with van der Waals surface area (Å²) in [5.74, 6) is -0.192. The number of fused-ring (bicyclic) bond motifs is 1. The molecule has 5 heteroatoms. The van der Waals surface area contributed by atoms with E-state index in [2.05, 4.69) is 50.7 Å². The molecule has 0 atom stereocenters. The van der Waals surface area contributed by atoms with Crippen molar-refractivity contribution in [1.29, 1.82) is 0 Å². The van der Waals surface area contributed by atoms with Gasteiger partial charge in [0.2, 0.25) is 0 Å². The molecule has 3 aromatic carbocycles. The van der Waals surface area contributed by atoms with E-state index in [1.54, 1.807) is 6.21 Å². The highest BCUT2D eigenvalue weighted by molar-refractivity contribution is 6.05. The highest BCUT2D eigenvalue weighted by Gasteiger charge is 2.16. The Balaban J connectivity index is 1.30. The average molecular weight is 413 g/mol. The zero-order valence-corrected chi connectivity index (χ0v) is 17.8. The van der Waals surface area contributed by atoms with Crippen LogP contribution >= 0.6 is 0 Å². The van der Waals surface area contributed by atoms with Crippen LogP contribution in [0.1, 0.15) is 41.6 Å². The van der Waals surface area contributed by atoms with Crippen molar-refractivity contribution in [1.82, 2.24) is 5.43 Å². The number of anilines is 2. The van der Waals surface area contributed by atoms with Crippen LogP contribution in [0, 0.1) is 0 Å². The van der Waals surface area contributed by atoms with E-state index in [0.717, 1.165) is 37.1 Å². The molecule has 2 aliphatic rings. The summed E-state index contributed by atoms with van der Waals surface area (Å²) in [5.41, 5.74) is 6.77. The van der Waals surface area contributed by atoms with Gasteiger partial charge in [0, 0.05) is 54.1 Å². The number of rotatable bonds is 5. The summed E-state index contributed by atoms with van der Waals surface area (Å²) in [5, 5.41) is 6.63. The Morgan fingerprint density at radius 2 is 1.42 bits per heavy atom. The second-order valence-corrected chi connectivity index (χ2v) is 8.35. The first-order valence-corrected chi connectivity index (χ1v) is 11.2. The molecule has 1 N–H and O–H groups in total. The Morgan fingerprint density at radius 1 is 0.774 bits per heavy atom. The minimum atomic E-state index is -0.192. The Hall–Kier alpha value is -3.34. The van der Waals surface area contributed by atoms with E-state index in [1.165, 1.54) is 42.4 Å². The normalized spacial score (nSPS) is 16.5. The van der Waals surface area contributed by atoms with E-state index < -0.39 is 0 Å². The third-order valence-electron chi connectivity index (χ3n) is 6.35. The number of carbonyl (C=O) groups is 1. The lowest BCUT2D eigenvalue weighted by Crippen LogP contribution is -2.19. The van der Waals surface area contributed by atoms with Gasteiger partial charge in [0.25, 0.3) is 5.91 Å². The maximum atomic E-state index is 12.5. The van der Waals surface area contributed by atoms with Crippen molar-refractivity contribution in [2.75, 3.05) is 36.0 Å². The van der Waals surface area contributed by atoms with Crippen molar-refractivity contribution in [3.05, 3.63) is 71.8 Å². The molecular weight excluding hydrogens is 384 g/mol. The molecule has 0 radical (unpaired) electrons. The first kappa shape index (κ1) is 19.6. The van der Waals surface area contributed by atoms with E-state index in [1.807, 2.05) is 30.3 Å². The van der Waals surface area contributed by atoms with Gasteiger partial charge in [-0.3, -0.25) is 4.79 Å². The van der Waals surface area contributed by atoms with Crippen molar-refractivity contribution >= 4 is 34.3 Å². The first-order chi connectivity index (χ1) is 15.3. The summed E-state index contributed by atoms with van der Waals surface area (Å²) < 4.78 is 0. The van der Waals surface area contributed by atoms with Crippen molar-refractivity contribution in [2.24, 2.45) is 5.10 Å². The first-order valence-electron chi connectivity index (χ1n) is 11.2. The number of carbonyl (C=O) groups excluding carboxylic acids is 1. The van der Waals surface area contributed by atoms with E-state index in [0.29, 0.717) is 5.56 Å². The van der Waals surface area contributed by atoms with E-state index >= 15 is 0 Å². The van der Waals surface area contributed by atoms with Crippen LogP contribution < -0.4 is 15.2 Å². The molecule has 3 aromatic rings. The van der Waals surface area contributed by atoms with Crippen LogP contribution in [0.2, 0.25) is 0 Å². The third-order valence-corrected chi connectivity index (χ3v) is 6.35. The lowest BCUT2D eigenvalue weighted by molar-refractivity contribution is 0.0955. The number of hydrogen-bond donors (Lipinski definition) is 1. The van der Waals surface area contributed by atoms with Crippen molar-refractivity contribution in [3.8, 4) is 0 Å². The zero-order chi connectivity index (χ0) is 21.0. The molecule has 2 aliphatic heterocycles. The molecule has 158 valence electrons. The van der Waals surface area contributed by atoms with Gasteiger partial charge in [-0.1, -0.05) is 30.3 Å². The standard InChI is InChI=1S/C26H28N4O/c31-26(20-9-12-22(13-10-20)29-15-3-4-16-29)28-27-19-21-11-14-25(30-17-5-6-18-30)24-8-2-1-7-23(21)24/h1-2,7-14,19H,3-6,15-18H2,(H,28,31)/b27-19-. The minimum absolute atomic E-state index is 0.192. The second kappa shape index (κ2) is 8.80. The number of nitrogens with one attached hydrogen (secondary N) is 1. The van der Waals surface area contributed by atoms with Crippen LogP contribution in [0.25, 0.3) is 10.8 Å². The Kier molecular flexibility index (Phi) is 5.57. The van der Waals surface area contributed by atoms with Crippen LogP contribution in [0.15, 0.2) is 65.8 Å². The number of amides is 1. The van der Waals surface area contributed by atoms with Gasteiger partial charge < -0.3 is 9.80 Å². The van der Waals surface area contributed by atoms with Crippen molar-refractivity contribution in [3.63, 3.8) is 0 Å². The molecule has 2 saturated heterocycles. The summed E-state index contributed by atoms with van der Waals surface area (Å²) in [6, 6.07) is 20.5. The topological polar surface area (TPSA) is 47.9 Å². The SMILES string of the molecule is O=C(N/N=C\c1ccc(N2CCCC2)c2ccccc12)c1ccc(N2CCCC2)cc1. The maximum Gasteiger partial charge on any atom is 0.271 e. The molecule has 2 fully saturated rings. The fraction of sp³-hybridized carbons (Fsp3) is 0.308. The molecule has 1 amide bonds. The molecule has 0 bridgehead atoms. The smallest absolute Gasteiger partial charge is 0.271 e. The molecule has 0 aromatic heterocycles. The fourth-order valence-electron chi connectivity index (χ4n) is 4.68. The quantitative estimate of drug-likeness (QED) is 0.484. The molecule has 5 rings (SSSR count). The minimum Gasteiger partial charge on any atom is -0.372 e. The second-order valence-electron chi connectivity index (χ2n) is 8.35. The zero-order valence-electron chi connectivity index (χ0n) is 17.8. The van der Waals surface area contributed by atoms with Crippen molar-refractivity contribution in [2.45, 2.75) is 25.7 Å². The van der Waals surface area contributed by atoms with Crippen molar-refractivity contribution < 1.29 is 4.79 Å². The predicted octanol–water partition coefficient (Wildman–Crippen LogP) is 4.80. The van der Waals surface area contributed by atoms with Crippen LogP contribution in [0.5, 0.6) is 0 Å². The van der Waals surface area contributed by atoms with Gasteiger partial charge in [-0.2, -0.15) is 5.10 Å². The van der Waals surface area contributed by atoms with Gasteiger partial charge in [-0.15, -0.1) is 0 Å². The van der Waals surface area contributed by atoms with Gasteiger partial charge in [0.15, 0.2) is 0 Å². The summed E-state index contributed by atoms with van der Waals surface area (Å²) in [6.45, 7) is 4.43. The number of benzene rings is 3. The van der Waals surface area contributed by atoms with Crippen LogP contribution in [0.4, 0.5) is 11.4 Å². The summed E-state index contributed by atoms with van der Waals surface area (Å²) >= 11 is 0. The molecule has 0 aliphatic carbocycles. The van der Waals surface area contributed by atoms with Crippen LogP contribution in [-0.2, 0) is 0 Å². The summed E-state index contributed by atoms with van der Waals surface area (Å²) in [6.07, 6.45) is 6.73. The summed E-state index contributed by atoms with van der Waals surface area (Å²) in [7, 11) is 0. The molecule has 5 nitrogen and oxygen atoms in total. The highest BCUT2D eigenvalue weighted by atomic mass is 16.2. The number of nitrogens with zero attached hydrogens (tertiary/aromatic N) is 3. The van der Waals surface area contributed by atoms with Gasteiger partial charge >= 0.3 is 0 Å². The molecule has 0 saturated carbocycles. The molecule has 31 heavy (non-hydrogen) atoms. The fourth-order valence-corrected chi connectivity index (χ4v) is 4.68. The lowest BCUT2D eigenvalue weighted by atomic mass is 10.0. The predicted molar refractivity (Wildman–Crippen MR) is 128 cm³/mol. The van der Waals surface area contributed by atoms with E-state index in [9.17, 15) is 4.79 Å². The van der Waals surface area contributed by atoms with Crippen LogP contribution in [0.3, 0.4) is 0 Å².